The van der Waals surface area contributed by atoms with Gasteiger partial charge >= 0.3 is 6.03 Å². The Hall–Kier alpha value is -1.71. The van der Waals surface area contributed by atoms with Crippen LogP contribution in [-0.2, 0) is 10.0 Å². The Balaban J connectivity index is 2.83. The van der Waals surface area contributed by atoms with Crippen LogP contribution in [0.15, 0.2) is 29.2 Å². The van der Waals surface area contributed by atoms with E-state index in [0.717, 1.165) is 0 Å². The van der Waals surface area contributed by atoms with Crippen LogP contribution in [0.4, 0.5) is 4.79 Å². The molecule has 0 saturated carbocycles. The third kappa shape index (κ3) is 4.47. The lowest BCUT2D eigenvalue weighted by atomic mass is 10.2. The standard InChI is InChI=1S/C10H14N4O3S2/c11-9(18)7-3-1-2-4-8(7)19(16,17)14-6-5-13-10(12)15/h1-4,14H,5-6H2,(H2,11,18)(H3,12,13,15). The van der Waals surface area contributed by atoms with Crippen molar-refractivity contribution in [1.82, 2.24) is 10.0 Å². The molecule has 104 valence electrons. The van der Waals surface area contributed by atoms with Crippen LogP contribution in [-0.4, -0.2) is 32.5 Å². The highest BCUT2D eigenvalue weighted by atomic mass is 32.2. The van der Waals surface area contributed by atoms with Crippen molar-refractivity contribution in [3.05, 3.63) is 29.8 Å². The second-order valence-corrected chi connectivity index (χ2v) is 5.72. The fraction of sp³-hybridized carbons (Fsp3) is 0.200. The third-order valence-electron chi connectivity index (χ3n) is 2.16. The molecule has 0 atom stereocenters. The van der Waals surface area contributed by atoms with Crippen LogP contribution in [0.1, 0.15) is 5.56 Å². The Kier molecular flexibility index (Phi) is 5.21. The first-order valence-electron chi connectivity index (χ1n) is 5.26. The molecular weight excluding hydrogens is 288 g/mol. The zero-order valence-corrected chi connectivity index (χ0v) is 11.6. The molecule has 0 bridgehead atoms. The van der Waals surface area contributed by atoms with Gasteiger partial charge in [0.15, 0.2) is 0 Å². The van der Waals surface area contributed by atoms with Crippen molar-refractivity contribution in [1.29, 1.82) is 0 Å². The van der Waals surface area contributed by atoms with Crippen molar-refractivity contribution in [2.45, 2.75) is 4.90 Å². The number of hydrogen-bond acceptors (Lipinski definition) is 4. The Labute approximate surface area is 116 Å². The van der Waals surface area contributed by atoms with Gasteiger partial charge in [-0.2, -0.15) is 0 Å². The molecular formula is C10H14N4O3S2. The van der Waals surface area contributed by atoms with E-state index in [1.807, 2.05) is 0 Å². The maximum atomic E-state index is 12.0. The molecule has 1 aromatic carbocycles. The first-order valence-corrected chi connectivity index (χ1v) is 7.15. The molecule has 0 aliphatic carbocycles. The van der Waals surface area contributed by atoms with Crippen LogP contribution >= 0.6 is 12.2 Å². The topological polar surface area (TPSA) is 127 Å². The summed E-state index contributed by atoms with van der Waals surface area (Å²) in [6, 6.07) is 5.42. The van der Waals surface area contributed by atoms with E-state index >= 15 is 0 Å². The van der Waals surface area contributed by atoms with Crippen LogP contribution in [0.2, 0.25) is 0 Å². The van der Waals surface area contributed by atoms with Gasteiger partial charge in [-0.3, -0.25) is 0 Å². The minimum absolute atomic E-state index is 0.00146. The number of hydrogen-bond donors (Lipinski definition) is 4. The zero-order chi connectivity index (χ0) is 14.5. The van der Waals surface area contributed by atoms with E-state index in [9.17, 15) is 13.2 Å². The summed E-state index contributed by atoms with van der Waals surface area (Å²) in [6.45, 7) is 0.0980. The van der Waals surface area contributed by atoms with E-state index in [0.29, 0.717) is 0 Å². The number of carbonyl (C=O) groups excluding carboxylic acids is 1. The highest BCUT2D eigenvalue weighted by Gasteiger charge is 2.18. The van der Waals surface area contributed by atoms with Crippen LogP contribution in [0.25, 0.3) is 0 Å². The normalized spacial score (nSPS) is 10.9. The number of rotatable bonds is 6. The quantitative estimate of drug-likeness (QED) is 0.407. The zero-order valence-electron chi connectivity index (χ0n) is 9.92. The summed E-state index contributed by atoms with van der Waals surface area (Å²) in [5.74, 6) is 0. The maximum Gasteiger partial charge on any atom is 0.312 e. The first kappa shape index (κ1) is 15.3. The summed E-state index contributed by atoms with van der Waals surface area (Å²) >= 11 is 4.80. The number of urea groups is 1. The van der Waals surface area contributed by atoms with Crippen LogP contribution in [0.3, 0.4) is 0 Å². The molecule has 0 radical (unpaired) electrons. The molecule has 0 heterocycles. The molecule has 0 fully saturated rings. The molecule has 0 spiro atoms. The maximum absolute atomic E-state index is 12.0. The summed E-state index contributed by atoms with van der Waals surface area (Å²) in [7, 11) is -3.74. The number of primary amides is 1. The number of nitrogens with one attached hydrogen (secondary N) is 2. The molecule has 0 unspecified atom stereocenters. The molecule has 1 aromatic rings. The molecule has 0 aliphatic heterocycles. The summed E-state index contributed by atoms with van der Waals surface area (Å²) in [5, 5.41) is 2.27. The second-order valence-electron chi connectivity index (χ2n) is 3.55. The van der Waals surface area contributed by atoms with Gasteiger partial charge in [0.2, 0.25) is 10.0 Å². The first-order chi connectivity index (χ1) is 8.84. The number of amides is 2. The molecule has 0 aliphatic rings. The average Bonchev–Trinajstić information content (AvgIpc) is 2.34. The van der Waals surface area contributed by atoms with Gasteiger partial charge in [-0.25, -0.2) is 17.9 Å². The minimum atomic E-state index is -3.74. The second kappa shape index (κ2) is 6.45. The third-order valence-corrected chi connectivity index (χ3v) is 3.90. The van der Waals surface area contributed by atoms with E-state index in [4.69, 9.17) is 23.7 Å². The Bertz CT molecular complexity index is 586. The highest BCUT2D eigenvalue weighted by Crippen LogP contribution is 2.14. The Morgan fingerprint density at radius 1 is 1.21 bits per heavy atom. The van der Waals surface area contributed by atoms with Crippen LogP contribution < -0.4 is 21.5 Å². The van der Waals surface area contributed by atoms with Crippen molar-refractivity contribution in [2.24, 2.45) is 11.5 Å². The predicted octanol–water partition coefficient (Wildman–Crippen LogP) is -0.733. The van der Waals surface area contributed by atoms with Gasteiger partial charge in [0.1, 0.15) is 4.99 Å². The van der Waals surface area contributed by atoms with Crippen molar-refractivity contribution in [3.63, 3.8) is 0 Å². The number of sulfonamides is 1. The molecule has 6 N–H and O–H groups in total. The molecule has 2 amide bonds. The number of thiocarbonyl (C=S) groups is 1. The van der Waals surface area contributed by atoms with Gasteiger partial charge in [0.25, 0.3) is 0 Å². The van der Waals surface area contributed by atoms with Gasteiger partial charge in [-0.15, -0.1) is 0 Å². The average molecular weight is 302 g/mol. The molecule has 0 aromatic heterocycles. The molecule has 1 rings (SSSR count). The van der Waals surface area contributed by atoms with Gasteiger partial charge in [-0.05, 0) is 6.07 Å². The Morgan fingerprint density at radius 2 is 1.84 bits per heavy atom. The largest absolute Gasteiger partial charge is 0.389 e. The monoisotopic (exact) mass is 302 g/mol. The van der Waals surface area contributed by atoms with E-state index < -0.39 is 16.1 Å². The minimum Gasteiger partial charge on any atom is -0.389 e. The SMILES string of the molecule is NC(=O)NCCNS(=O)(=O)c1ccccc1C(N)=S. The fourth-order valence-electron chi connectivity index (χ4n) is 1.35. The lowest BCUT2D eigenvalue weighted by molar-refractivity contribution is 0.249. The van der Waals surface area contributed by atoms with E-state index in [1.165, 1.54) is 12.1 Å². The van der Waals surface area contributed by atoms with Crippen LogP contribution in [0, 0.1) is 0 Å². The number of nitrogens with two attached hydrogens (primary N) is 2. The fourth-order valence-corrected chi connectivity index (χ4v) is 2.85. The molecule has 9 heteroatoms. The predicted molar refractivity (Wildman–Crippen MR) is 75.1 cm³/mol. The summed E-state index contributed by atoms with van der Waals surface area (Å²) in [4.78, 5) is 10.4. The molecule has 7 nitrogen and oxygen atoms in total. The summed E-state index contributed by atoms with van der Waals surface area (Å²) in [5.41, 5.74) is 10.6. The summed E-state index contributed by atoms with van der Waals surface area (Å²) < 4.78 is 26.4. The smallest absolute Gasteiger partial charge is 0.312 e. The van der Waals surface area contributed by atoms with Gasteiger partial charge in [0.05, 0.1) is 4.90 Å². The van der Waals surface area contributed by atoms with E-state index in [1.54, 1.807) is 12.1 Å². The van der Waals surface area contributed by atoms with Crippen molar-refractivity contribution < 1.29 is 13.2 Å². The van der Waals surface area contributed by atoms with Crippen molar-refractivity contribution in [2.75, 3.05) is 13.1 Å². The van der Waals surface area contributed by atoms with E-state index in [-0.39, 0.29) is 28.5 Å². The van der Waals surface area contributed by atoms with Gasteiger partial charge in [0, 0.05) is 18.7 Å². The lowest BCUT2D eigenvalue weighted by Gasteiger charge is -2.10. The van der Waals surface area contributed by atoms with Gasteiger partial charge in [-0.1, -0.05) is 30.4 Å². The Morgan fingerprint density at radius 3 is 2.42 bits per heavy atom. The van der Waals surface area contributed by atoms with Crippen molar-refractivity contribution >= 4 is 33.3 Å². The molecule has 0 saturated heterocycles. The molecule has 19 heavy (non-hydrogen) atoms. The summed E-state index contributed by atoms with van der Waals surface area (Å²) in [6.07, 6.45) is 0. The van der Waals surface area contributed by atoms with E-state index in [2.05, 4.69) is 10.0 Å². The highest BCUT2D eigenvalue weighted by molar-refractivity contribution is 7.89. The van der Waals surface area contributed by atoms with Crippen LogP contribution in [0.5, 0.6) is 0 Å². The number of benzene rings is 1. The van der Waals surface area contributed by atoms with Gasteiger partial charge < -0.3 is 16.8 Å². The lowest BCUT2D eigenvalue weighted by Crippen LogP contribution is -2.37. The number of carbonyl (C=O) groups is 1. The van der Waals surface area contributed by atoms with Crippen molar-refractivity contribution in [3.8, 4) is 0 Å².